The zero-order valence-corrected chi connectivity index (χ0v) is 19.3. The molecule has 0 saturated heterocycles. The maximum Gasteiger partial charge on any atom is 0.419 e. The minimum Gasteiger partial charge on any atom is -0.490 e. The van der Waals surface area contributed by atoms with Gasteiger partial charge in [0.05, 0.1) is 11.7 Å². The van der Waals surface area contributed by atoms with Crippen LogP contribution in [0.5, 0.6) is 5.75 Å². The van der Waals surface area contributed by atoms with Crippen LogP contribution in [-0.2, 0) is 23.8 Å². The molecule has 0 bridgehead atoms. The second-order valence-electron chi connectivity index (χ2n) is 7.72. The van der Waals surface area contributed by atoms with E-state index in [1.54, 1.807) is 32.3 Å². The Hall–Kier alpha value is -3.01. The third kappa shape index (κ3) is 6.07. The van der Waals surface area contributed by atoms with Gasteiger partial charge >= 0.3 is 12.1 Å². The predicted molar refractivity (Wildman–Crippen MR) is 119 cm³/mol. The van der Waals surface area contributed by atoms with E-state index in [4.69, 9.17) is 9.84 Å². The monoisotopic (exact) mass is 479 g/mol. The van der Waals surface area contributed by atoms with Crippen LogP contribution < -0.4 is 4.74 Å². The molecule has 0 radical (unpaired) electrons. The third-order valence-electron chi connectivity index (χ3n) is 4.90. The van der Waals surface area contributed by atoms with Crippen molar-refractivity contribution in [1.82, 2.24) is 14.3 Å². The number of pyridine rings is 1. The fourth-order valence-electron chi connectivity index (χ4n) is 3.48. The lowest BCUT2D eigenvalue weighted by Gasteiger charge is -2.16. The molecule has 0 atom stereocenters. The van der Waals surface area contributed by atoms with Crippen molar-refractivity contribution in [1.29, 1.82) is 0 Å². The highest BCUT2D eigenvalue weighted by Gasteiger charge is 2.35. The minimum atomic E-state index is -4.57. The molecule has 33 heavy (non-hydrogen) atoms. The number of carboxylic acid groups (broad SMARTS) is 1. The number of alkyl halides is 3. The summed E-state index contributed by atoms with van der Waals surface area (Å²) >= 11 is 1.01. The number of rotatable bonds is 9. The number of hydrogen-bond donors (Lipinski definition) is 1. The third-order valence-corrected chi connectivity index (χ3v) is 5.66. The van der Waals surface area contributed by atoms with Crippen molar-refractivity contribution in [3.05, 3.63) is 47.3 Å². The van der Waals surface area contributed by atoms with Crippen LogP contribution in [0.2, 0.25) is 0 Å². The van der Waals surface area contributed by atoms with Crippen LogP contribution in [0.4, 0.5) is 13.2 Å². The van der Waals surface area contributed by atoms with Gasteiger partial charge in [0, 0.05) is 29.9 Å². The van der Waals surface area contributed by atoms with Crippen LogP contribution >= 0.6 is 11.5 Å². The largest absolute Gasteiger partial charge is 0.490 e. The molecular formula is C23H24F3N3O3S. The van der Waals surface area contributed by atoms with Crippen LogP contribution in [0, 0.1) is 0 Å². The Morgan fingerprint density at radius 1 is 1.24 bits per heavy atom. The number of benzene rings is 1. The van der Waals surface area contributed by atoms with Gasteiger partial charge in [-0.15, -0.1) is 0 Å². The molecule has 0 amide bonds. The van der Waals surface area contributed by atoms with Crippen molar-refractivity contribution in [2.75, 3.05) is 0 Å². The molecule has 176 valence electrons. The summed E-state index contributed by atoms with van der Waals surface area (Å²) in [4.78, 5) is 19.6. The maximum absolute atomic E-state index is 13.6. The quantitative estimate of drug-likeness (QED) is 0.403. The number of carboxylic acids is 1. The average Bonchev–Trinajstić information content (AvgIpc) is 3.22. The number of nitrogens with zero attached hydrogens (tertiary/aromatic N) is 3. The topological polar surface area (TPSA) is 85.2 Å². The standard InChI is InChI=1S/C23H24F3N3O3S/c1-4-16-15(6-5-7-20(30)31)11-27-12-17(16)21-28-22(33-29-21)14-8-9-19(32-13(2)3)18(10-14)23(24,25)26/h8-13H,4-7H2,1-3H3,(H,30,31). The van der Waals surface area contributed by atoms with Gasteiger partial charge < -0.3 is 9.84 Å². The molecule has 0 aliphatic rings. The van der Waals surface area contributed by atoms with Gasteiger partial charge in [-0.3, -0.25) is 9.78 Å². The Morgan fingerprint density at radius 3 is 2.64 bits per heavy atom. The first kappa shape index (κ1) is 24.6. The van der Waals surface area contributed by atoms with E-state index in [9.17, 15) is 18.0 Å². The van der Waals surface area contributed by atoms with Gasteiger partial charge in [-0.2, -0.15) is 17.5 Å². The summed E-state index contributed by atoms with van der Waals surface area (Å²) in [6, 6.07) is 3.88. The summed E-state index contributed by atoms with van der Waals surface area (Å²) in [7, 11) is 0. The SMILES string of the molecule is CCc1c(CCCC(=O)O)cncc1-c1nsc(-c2ccc(OC(C)C)c(C(F)(F)F)c2)n1. The lowest BCUT2D eigenvalue weighted by atomic mass is 9.97. The fourth-order valence-corrected chi connectivity index (χ4v) is 4.15. The number of halogens is 3. The molecule has 0 fully saturated rings. The van der Waals surface area contributed by atoms with Crippen molar-refractivity contribution in [2.45, 2.75) is 58.7 Å². The molecule has 0 unspecified atom stereocenters. The Labute approximate surface area is 193 Å². The Bertz CT molecular complexity index is 1130. The van der Waals surface area contributed by atoms with E-state index in [-0.39, 0.29) is 12.2 Å². The Balaban J connectivity index is 1.95. The van der Waals surface area contributed by atoms with Gasteiger partial charge in [0.1, 0.15) is 10.8 Å². The first-order valence-electron chi connectivity index (χ1n) is 10.5. The van der Waals surface area contributed by atoms with Crippen LogP contribution in [-0.4, -0.2) is 31.5 Å². The van der Waals surface area contributed by atoms with Crippen molar-refractivity contribution >= 4 is 17.5 Å². The first-order chi connectivity index (χ1) is 15.6. The molecule has 1 N–H and O–H groups in total. The maximum atomic E-state index is 13.6. The highest BCUT2D eigenvalue weighted by molar-refractivity contribution is 7.09. The number of hydrogen-bond acceptors (Lipinski definition) is 6. The fraction of sp³-hybridized carbons (Fsp3) is 0.391. The van der Waals surface area contributed by atoms with E-state index in [0.717, 1.165) is 28.7 Å². The minimum absolute atomic E-state index is 0.0601. The molecule has 0 spiro atoms. The van der Waals surface area contributed by atoms with E-state index in [1.165, 1.54) is 6.07 Å². The van der Waals surface area contributed by atoms with Gasteiger partial charge in [-0.25, -0.2) is 4.98 Å². The molecule has 2 aromatic heterocycles. The van der Waals surface area contributed by atoms with Crippen molar-refractivity contribution in [3.8, 4) is 27.7 Å². The van der Waals surface area contributed by atoms with E-state index in [0.29, 0.717) is 41.2 Å². The van der Waals surface area contributed by atoms with E-state index >= 15 is 0 Å². The second-order valence-corrected chi connectivity index (χ2v) is 8.48. The van der Waals surface area contributed by atoms with Gasteiger partial charge in [0.2, 0.25) is 0 Å². The molecule has 3 aromatic rings. The molecule has 6 nitrogen and oxygen atoms in total. The van der Waals surface area contributed by atoms with E-state index < -0.39 is 23.8 Å². The van der Waals surface area contributed by atoms with Crippen LogP contribution in [0.15, 0.2) is 30.6 Å². The van der Waals surface area contributed by atoms with E-state index in [1.807, 2.05) is 6.92 Å². The second kappa shape index (κ2) is 10.3. The summed E-state index contributed by atoms with van der Waals surface area (Å²) in [5.74, 6) is -0.695. The molecular weight excluding hydrogens is 455 g/mol. The molecule has 1 aromatic carbocycles. The highest BCUT2D eigenvalue weighted by atomic mass is 32.1. The van der Waals surface area contributed by atoms with Gasteiger partial charge in [0.25, 0.3) is 0 Å². The van der Waals surface area contributed by atoms with Crippen LogP contribution in [0.1, 0.15) is 50.3 Å². The van der Waals surface area contributed by atoms with Crippen molar-refractivity contribution < 1.29 is 27.8 Å². The lowest BCUT2D eigenvalue weighted by Crippen LogP contribution is -2.13. The zero-order valence-electron chi connectivity index (χ0n) is 18.4. The van der Waals surface area contributed by atoms with Gasteiger partial charge in [0.15, 0.2) is 5.82 Å². The summed E-state index contributed by atoms with van der Waals surface area (Å²) in [5.41, 5.74) is 2.01. The number of aromatic nitrogens is 3. The number of aryl methyl sites for hydroxylation is 1. The average molecular weight is 480 g/mol. The molecule has 3 rings (SSSR count). The first-order valence-corrected chi connectivity index (χ1v) is 11.3. The predicted octanol–water partition coefficient (Wildman–Crippen LogP) is 6.04. The number of carbonyl (C=O) groups is 1. The molecule has 2 heterocycles. The Morgan fingerprint density at radius 2 is 2.00 bits per heavy atom. The molecule has 0 saturated carbocycles. The van der Waals surface area contributed by atoms with E-state index in [2.05, 4.69) is 14.3 Å². The lowest BCUT2D eigenvalue weighted by molar-refractivity contribution is -0.139. The molecule has 0 aliphatic heterocycles. The van der Waals surface area contributed by atoms with Gasteiger partial charge in [-0.1, -0.05) is 6.92 Å². The van der Waals surface area contributed by atoms with Gasteiger partial charge in [-0.05, 0) is 74.0 Å². The summed E-state index contributed by atoms with van der Waals surface area (Å²) in [6.07, 6.45) is 0.129. The Kier molecular flexibility index (Phi) is 7.68. The number of ether oxygens (including phenoxy) is 1. The summed E-state index contributed by atoms with van der Waals surface area (Å²) in [5, 5.41) is 9.23. The van der Waals surface area contributed by atoms with Crippen LogP contribution in [0.3, 0.4) is 0 Å². The van der Waals surface area contributed by atoms with Crippen molar-refractivity contribution in [2.24, 2.45) is 0 Å². The highest BCUT2D eigenvalue weighted by Crippen LogP contribution is 2.40. The number of aliphatic carboxylic acids is 1. The zero-order chi connectivity index (χ0) is 24.2. The summed E-state index contributed by atoms with van der Waals surface area (Å²) < 4.78 is 50.5. The van der Waals surface area contributed by atoms with Crippen LogP contribution in [0.25, 0.3) is 22.0 Å². The van der Waals surface area contributed by atoms with Crippen molar-refractivity contribution in [3.63, 3.8) is 0 Å². The molecule has 10 heteroatoms. The summed E-state index contributed by atoms with van der Waals surface area (Å²) in [6.45, 7) is 5.30. The molecule has 0 aliphatic carbocycles. The normalized spacial score (nSPS) is 11.7. The smallest absolute Gasteiger partial charge is 0.419 e.